The second-order valence-electron chi connectivity index (χ2n) is 9.58. The lowest BCUT2D eigenvalue weighted by molar-refractivity contribution is -0.137. The van der Waals surface area contributed by atoms with Crippen LogP contribution in [0.25, 0.3) is 11.0 Å². The lowest BCUT2D eigenvalue weighted by atomic mass is 9.83. The highest BCUT2D eigenvalue weighted by Crippen LogP contribution is 2.35. The first-order valence-electron chi connectivity index (χ1n) is 12.4. The Morgan fingerprint density at radius 2 is 1.89 bits per heavy atom. The molecule has 0 bridgehead atoms. The van der Waals surface area contributed by atoms with Gasteiger partial charge in [-0.1, -0.05) is 47.2 Å². The number of amides is 1. The van der Waals surface area contributed by atoms with Gasteiger partial charge in [0.25, 0.3) is 5.91 Å². The van der Waals surface area contributed by atoms with Gasteiger partial charge in [0.2, 0.25) is 0 Å². The fourth-order valence-electron chi connectivity index (χ4n) is 5.30. The third kappa shape index (κ3) is 4.37. The van der Waals surface area contributed by atoms with E-state index in [9.17, 15) is 14.7 Å². The Labute approximate surface area is 210 Å². The number of benzene rings is 3. The summed E-state index contributed by atoms with van der Waals surface area (Å²) in [6, 6.07) is 17.9. The van der Waals surface area contributed by atoms with E-state index in [0.29, 0.717) is 18.7 Å². The lowest BCUT2D eigenvalue weighted by Crippen LogP contribution is -2.36. The zero-order valence-electron chi connectivity index (χ0n) is 20.9. The molecule has 0 spiro atoms. The van der Waals surface area contributed by atoms with Gasteiger partial charge < -0.3 is 10.0 Å². The van der Waals surface area contributed by atoms with Crippen molar-refractivity contribution in [2.45, 2.75) is 52.6 Å². The SMILES string of the molecule is CCn1nnc2c(C)c([C@@H](CC(=O)O)c3ccc4c(c3)CN(C(=O)c3cccc(C)c3)CC4)ccc21. The molecule has 0 aliphatic carbocycles. The minimum atomic E-state index is -0.856. The highest BCUT2D eigenvalue weighted by Gasteiger charge is 2.26. The molecular formula is C29H30N4O3. The normalized spacial score (nSPS) is 14.0. The summed E-state index contributed by atoms with van der Waals surface area (Å²) >= 11 is 0. The maximum Gasteiger partial charge on any atom is 0.304 e. The summed E-state index contributed by atoms with van der Waals surface area (Å²) in [5.41, 5.74) is 8.62. The van der Waals surface area contributed by atoms with E-state index in [4.69, 9.17) is 0 Å². The molecule has 7 nitrogen and oxygen atoms in total. The van der Waals surface area contributed by atoms with E-state index < -0.39 is 5.97 Å². The number of aryl methyl sites for hydroxylation is 3. The summed E-state index contributed by atoms with van der Waals surface area (Å²) in [7, 11) is 0. The van der Waals surface area contributed by atoms with Crippen molar-refractivity contribution in [2.75, 3.05) is 6.54 Å². The van der Waals surface area contributed by atoms with Crippen molar-refractivity contribution in [1.82, 2.24) is 19.9 Å². The van der Waals surface area contributed by atoms with Gasteiger partial charge in [0.15, 0.2) is 0 Å². The average molecular weight is 483 g/mol. The molecule has 0 radical (unpaired) electrons. The number of hydrogen-bond acceptors (Lipinski definition) is 4. The number of carboxylic acid groups (broad SMARTS) is 1. The summed E-state index contributed by atoms with van der Waals surface area (Å²) in [6.07, 6.45) is 0.751. The maximum absolute atomic E-state index is 13.2. The predicted octanol–water partition coefficient (Wildman–Crippen LogP) is 4.87. The Hall–Kier alpha value is -4.00. The van der Waals surface area contributed by atoms with Crippen molar-refractivity contribution in [3.8, 4) is 0 Å². The molecule has 184 valence electrons. The number of carboxylic acids is 1. The predicted molar refractivity (Wildman–Crippen MR) is 138 cm³/mol. The van der Waals surface area contributed by atoms with Crippen LogP contribution in [0.15, 0.2) is 54.6 Å². The Balaban J connectivity index is 1.50. The Bertz CT molecular complexity index is 1470. The highest BCUT2D eigenvalue weighted by atomic mass is 16.4. The van der Waals surface area contributed by atoms with E-state index in [1.165, 1.54) is 5.56 Å². The summed E-state index contributed by atoms with van der Waals surface area (Å²) in [5, 5.41) is 18.4. The lowest BCUT2D eigenvalue weighted by Gasteiger charge is -2.30. The van der Waals surface area contributed by atoms with Crippen LogP contribution in [0.2, 0.25) is 0 Å². The molecule has 1 aliphatic rings. The second kappa shape index (κ2) is 9.57. The zero-order valence-corrected chi connectivity index (χ0v) is 20.9. The van der Waals surface area contributed by atoms with Crippen LogP contribution in [0.5, 0.6) is 0 Å². The molecule has 36 heavy (non-hydrogen) atoms. The largest absolute Gasteiger partial charge is 0.481 e. The fraction of sp³-hybridized carbons (Fsp3) is 0.310. The third-order valence-electron chi connectivity index (χ3n) is 7.23. The van der Waals surface area contributed by atoms with Gasteiger partial charge in [-0.25, -0.2) is 4.68 Å². The van der Waals surface area contributed by atoms with Gasteiger partial charge in [0.1, 0.15) is 5.52 Å². The molecule has 3 aromatic carbocycles. The molecule has 1 N–H and O–H groups in total. The van der Waals surface area contributed by atoms with E-state index >= 15 is 0 Å². The fourth-order valence-corrected chi connectivity index (χ4v) is 5.30. The molecule has 1 aromatic heterocycles. The summed E-state index contributed by atoms with van der Waals surface area (Å²) < 4.78 is 1.84. The first kappa shape index (κ1) is 23.7. The molecule has 7 heteroatoms. The number of hydrogen-bond donors (Lipinski definition) is 1. The van der Waals surface area contributed by atoms with Gasteiger partial charge >= 0.3 is 5.97 Å². The number of carbonyl (C=O) groups excluding carboxylic acids is 1. The van der Waals surface area contributed by atoms with E-state index in [-0.39, 0.29) is 18.2 Å². The third-order valence-corrected chi connectivity index (χ3v) is 7.23. The first-order valence-corrected chi connectivity index (χ1v) is 12.4. The molecule has 0 unspecified atom stereocenters. The molecule has 1 amide bonds. The van der Waals surface area contributed by atoms with Crippen LogP contribution in [-0.2, 0) is 24.3 Å². The molecule has 5 rings (SSSR count). The standard InChI is InChI=1S/C29H30N4O3/c1-4-33-26-11-10-24(19(3)28(26)30-31-33)25(16-27(34)35)21-9-8-20-12-13-32(17-23(20)15-21)29(36)22-7-5-6-18(2)14-22/h5-11,14-15,25H,4,12-13,16-17H2,1-3H3,(H,34,35)/t25-/m0/s1. The number of rotatable bonds is 6. The van der Waals surface area contributed by atoms with Crippen LogP contribution in [0.3, 0.4) is 0 Å². The number of fused-ring (bicyclic) bond motifs is 2. The number of carbonyl (C=O) groups is 2. The molecular weight excluding hydrogens is 452 g/mol. The van der Waals surface area contributed by atoms with Gasteiger partial charge in [-0.15, -0.1) is 5.10 Å². The Morgan fingerprint density at radius 3 is 2.64 bits per heavy atom. The van der Waals surface area contributed by atoms with Crippen molar-refractivity contribution in [3.05, 3.63) is 93.5 Å². The molecule has 2 heterocycles. The van der Waals surface area contributed by atoms with E-state index in [1.54, 1.807) is 0 Å². The Kier molecular flexibility index (Phi) is 6.31. The first-order chi connectivity index (χ1) is 17.4. The van der Waals surface area contributed by atoms with Crippen molar-refractivity contribution in [2.24, 2.45) is 0 Å². The summed E-state index contributed by atoms with van der Waals surface area (Å²) in [5.74, 6) is -1.16. The van der Waals surface area contributed by atoms with Crippen molar-refractivity contribution < 1.29 is 14.7 Å². The summed E-state index contributed by atoms with van der Waals surface area (Å²) in [6.45, 7) is 7.89. The average Bonchev–Trinajstić information content (AvgIpc) is 3.30. The number of aromatic nitrogens is 3. The van der Waals surface area contributed by atoms with Gasteiger partial charge in [-0.3, -0.25) is 9.59 Å². The molecule has 1 atom stereocenters. The molecule has 1 aliphatic heterocycles. The molecule has 0 fully saturated rings. The quantitative estimate of drug-likeness (QED) is 0.423. The van der Waals surface area contributed by atoms with Crippen molar-refractivity contribution in [1.29, 1.82) is 0 Å². The van der Waals surface area contributed by atoms with Crippen LogP contribution in [0.1, 0.15) is 63.0 Å². The monoisotopic (exact) mass is 482 g/mol. The summed E-state index contributed by atoms with van der Waals surface area (Å²) in [4.78, 5) is 27.0. The number of aliphatic carboxylic acids is 1. The Morgan fingerprint density at radius 1 is 1.06 bits per heavy atom. The highest BCUT2D eigenvalue weighted by molar-refractivity contribution is 5.94. The smallest absolute Gasteiger partial charge is 0.304 e. The van der Waals surface area contributed by atoms with Crippen LogP contribution in [-0.4, -0.2) is 43.4 Å². The number of nitrogens with zero attached hydrogens (tertiary/aromatic N) is 4. The van der Waals surface area contributed by atoms with Gasteiger partial charge in [-0.05, 0) is 73.2 Å². The van der Waals surface area contributed by atoms with Crippen molar-refractivity contribution >= 4 is 22.9 Å². The van der Waals surface area contributed by atoms with Crippen molar-refractivity contribution in [3.63, 3.8) is 0 Å². The zero-order chi connectivity index (χ0) is 25.4. The van der Waals surface area contributed by atoms with Crippen LogP contribution >= 0.6 is 0 Å². The minimum Gasteiger partial charge on any atom is -0.481 e. The van der Waals surface area contributed by atoms with Gasteiger partial charge in [-0.2, -0.15) is 0 Å². The maximum atomic E-state index is 13.2. The second-order valence-corrected chi connectivity index (χ2v) is 9.58. The van der Waals surface area contributed by atoms with Crippen LogP contribution in [0.4, 0.5) is 0 Å². The molecule has 0 saturated heterocycles. The van der Waals surface area contributed by atoms with Crippen LogP contribution in [0, 0.1) is 13.8 Å². The van der Waals surface area contributed by atoms with Gasteiger partial charge in [0.05, 0.1) is 11.9 Å². The molecule has 4 aromatic rings. The minimum absolute atomic E-state index is 0.0251. The van der Waals surface area contributed by atoms with Crippen LogP contribution < -0.4 is 0 Å². The molecule has 0 saturated carbocycles. The van der Waals surface area contributed by atoms with E-state index in [1.807, 2.05) is 72.8 Å². The van der Waals surface area contributed by atoms with Gasteiger partial charge in [0, 0.05) is 31.1 Å². The van der Waals surface area contributed by atoms with E-state index in [0.717, 1.165) is 51.8 Å². The topological polar surface area (TPSA) is 88.3 Å². The van der Waals surface area contributed by atoms with E-state index in [2.05, 4.69) is 22.4 Å².